The maximum absolute atomic E-state index is 12.2. The van der Waals surface area contributed by atoms with Crippen molar-refractivity contribution in [3.05, 3.63) is 0 Å². The average Bonchev–Trinajstić information content (AvgIpc) is 2.58. The zero-order chi connectivity index (χ0) is 19.0. The topological polar surface area (TPSA) is 55.8 Å². The largest absolute Gasteiger partial charge is 0.472 e. The Kier molecular flexibility index (Phi) is 16.4. The highest BCUT2D eigenvalue weighted by Gasteiger charge is 2.24. The van der Waals surface area contributed by atoms with Crippen molar-refractivity contribution in [1.82, 2.24) is 0 Å². The first-order valence-electron chi connectivity index (χ1n) is 10.6. The summed E-state index contributed by atoms with van der Waals surface area (Å²) in [5, 5.41) is 0. The van der Waals surface area contributed by atoms with Crippen LogP contribution in [0.5, 0.6) is 0 Å². The summed E-state index contributed by atoms with van der Waals surface area (Å²) < 4.78 is 22.8. The number of hydrogen-bond acceptors (Lipinski definition) is 3. The van der Waals surface area contributed by atoms with Gasteiger partial charge in [0.05, 0.1) is 13.2 Å². The Morgan fingerprint density at radius 2 is 1.08 bits per heavy atom. The molecule has 25 heavy (non-hydrogen) atoms. The molecule has 0 aromatic rings. The van der Waals surface area contributed by atoms with E-state index >= 15 is 0 Å². The van der Waals surface area contributed by atoms with Crippen molar-refractivity contribution in [3.63, 3.8) is 0 Å². The number of phosphoric ester groups is 1. The minimum atomic E-state index is -3.93. The lowest BCUT2D eigenvalue weighted by Gasteiger charge is -2.21. The van der Waals surface area contributed by atoms with Crippen LogP contribution < -0.4 is 0 Å². The Labute approximate surface area is 156 Å². The van der Waals surface area contributed by atoms with Crippen molar-refractivity contribution >= 4 is 7.82 Å². The van der Waals surface area contributed by atoms with Gasteiger partial charge in [0.25, 0.3) is 0 Å². The highest BCUT2D eigenvalue weighted by atomic mass is 31.2. The summed E-state index contributed by atoms with van der Waals surface area (Å²) in [5.41, 5.74) is 0. The van der Waals surface area contributed by atoms with E-state index in [1.54, 1.807) is 0 Å². The van der Waals surface area contributed by atoms with Gasteiger partial charge in [-0.15, -0.1) is 0 Å². The van der Waals surface area contributed by atoms with Crippen LogP contribution in [0.15, 0.2) is 0 Å². The summed E-state index contributed by atoms with van der Waals surface area (Å²) in [7, 11) is -3.93. The molecule has 0 aliphatic rings. The summed E-state index contributed by atoms with van der Waals surface area (Å²) in [5.74, 6) is 0.716. The third-order valence-electron chi connectivity index (χ3n) is 4.77. The van der Waals surface area contributed by atoms with Crippen LogP contribution >= 0.6 is 7.82 Å². The highest BCUT2D eigenvalue weighted by Crippen LogP contribution is 2.45. The van der Waals surface area contributed by atoms with Gasteiger partial charge in [-0.3, -0.25) is 9.05 Å². The van der Waals surface area contributed by atoms with Gasteiger partial charge in [0, 0.05) is 0 Å². The van der Waals surface area contributed by atoms with Crippen LogP contribution in [0.1, 0.15) is 105 Å². The van der Waals surface area contributed by atoms with Gasteiger partial charge in [0.15, 0.2) is 0 Å². The van der Waals surface area contributed by atoms with Crippen LogP contribution in [0, 0.1) is 11.8 Å². The summed E-state index contributed by atoms with van der Waals surface area (Å²) in [6.07, 6.45) is 13.5. The summed E-state index contributed by atoms with van der Waals surface area (Å²) in [4.78, 5) is 10.0. The molecule has 0 rings (SSSR count). The highest BCUT2D eigenvalue weighted by molar-refractivity contribution is 7.47. The lowest BCUT2D eigenvalue weighted by atomic mass is 9.98. The molecule has 0 radical (unpaired) electrons. The predicted molar refractivity (Wildman–Crippen MR) is 107 cm³/mol. The molecule has 0 spiro atoms. The van der Waals surface area contributed by atoms with Crippen LogP contribution in [0.3, 0.4) is 0 Å². The van der Waals surface area contributed by atoms with Crippen molar-refractivity contribution in [1.29, 1.82) is 0 Å². The van der Waals surface area contributed by atoms with Gasteiger partial charge in [0.1, 0.15) is 0 Å². The van der Waals surface area contributed by atoms with Crippen LogP contribution in [-0.2, 0) is 13.6 Å². The summed E-state index contributed by atoms with van der Waals surface area (Å²) in [6, 6.07) is 0. The molecule has 0 aromatic carbocycles. The first-order valence-corrected chi connectivity index (χ1v) is 12.1. The second kappa shape index (κ2) is 16.3. The molecule has 0 saturated heterocycles. The molecule has 0 bridgehead atoms. The zero-order valence-electron chi connectivity index (χ0n) is 17.2. The fraction of sp³-hybridized carbons (Fsp3) is 1.00. The minimum absolute atomic E-state index is 0.333. The minimum Gasteiger partial charge on any atom is -0.302 e. The fourth-order valence-electron chi connectivity index (χ4n) is 3.24. The van der Waals surface area contributed by atoms with E-state index in [0.29, 0.717) is 25.0 Å². The van der Waals surface area contributed by atoms with E-state index in [4.69, 9.17) is 9.05 Å². The van der Waals surface area contributed by atoms with Crippen molar-refractivity contribution in [3.8, 4) is 0 Å². The number of rotatable bonds is 18. The van der Waals surface area contributed by atoms with E-state index in [1.165, 1.54) is 25.7 Å². The maximum atomic E-state index is 12.2. The van der Waals surface area contributed by atoms with Crippen molar-refractivity contribution in [2.45, 2.75) is 105 Å². The van der Waals surface area contributed by atoms with E-state index in [-0.39, 0.29) is 0 Å². The van der Waals surface area contributed by atoms with Gasteiger partial charge in [-0.25, -0.2) is 4.57 Å². The third-order valence-corrected chi connectivity index (χ3v) is 5.72. The van der Waals surface area contributed by atoms with E-state index in [2.05, 4.69) is 27.7 Å². The number of phosphoric acid groups is 1. The molecule has 1 N–H and O–H groups in total. The maximum Gasteiger partial charge on any atom is 0.472 e. The van der Waals surface area contributed by atoms with Crippen LogP contribution in [0.25, 0.3) is 0 Å². The fourth-order valence-corrected chi connectivity index (χ4v) is 4.11. The van der Waals surface area contributed by atoms with Gasteiger partial charge in [0.2, 0.25) is 0 Å². The zero-order valence-corrected chi connectivity index (χ0v) is 18.1. The summed E-state index contributed by atoms with van der Waals surface area (Å²) in [6.45, 7) is 9.34. The quantitative estimate of drug-likeness (QED) is 0.204. The Balaban J connectivity index is 4.26. The van der Waals surface area contributed by atoms with Crippen LogP contribution in [0.2, 0.25) is 0 Å². The summed E-state index contributed by atoms with van der Waals surface area (Å²) >= 11 is 0. The first-order chi connectivity index (χ1) is 12.0. The molecule has 0 amide bonds. The average molecular weight is 379 g/mol. The van der Waals surface area contributed by atoms with Crippen molar-refractivity contribution < 1.29 is 18.5 Å². The van der Waals surface area contributed by atoms with Gasteiger partial charge in [-0.05, 0) is 37.5 Å². The van der Waals surface area contributed by atoms with Crippen molar-refractivity contribution in [2.24, 2.45) is 11.8 Å². The van der Waals surface area contributed by atoms with Crippen LogP contribution in [-0.4, -0.2) is 18.1 Å². The monoisotopic (exact) mass is 378 g/mol. The van der Waals surface area contributed by atoms with Crippen LogP contribution in [0.4, 0.5) is 0 Å². The second-order valence-corrected chi connectivity index (χ2v) is 8.81. The lowest BCUT2D eigenvalue weighted by Crippen LogP contribution is -2.13. The molecule has 0 fully saturated rings. The first kappa shape index (κ1) is 25.1. The Morgan fingerprint density at radius 3 is 1.40 bits per heavy atom. The van der Waals surface area contributed by atoms with Gasteiger partial charge >= 0.3 is 7.82 Å². The van der Waals surface area contributed by atoms with E-state index in [0.717, 1.165) is 51.4 Å². The third kappa shape index (κ3) is 14.9. The Morgan fingerprint density at radius 1 is 0.680 bits per heavy atom. The number of hydrogen-bond donors (Lipinski definition) is 1. The molecule has 0 saturated carbocycles. The molecule has 0 aromatic heterocycles. The Bertz CT molecular complexity index is 308. The standard InChI is InChI=1S/C20H43O4P/c1-5-9-11-15-19(13-7-3)17-23-25(21,22)24-18-20(14-8-4)16-12-10-6-2/h19-20H,5-18H2,1-4H3,(H,21,22). The molecule has 5 heteroatoms. The molecule has 152 valence electrons. The predicted octanol–water partition coefficient (Wildman–Crippen LogP) is 7.11. The smallest absolute Gasteiger partial charge is 0.302 e. The van der Waals surface area contributed by atoms with Gasteiger partial charge in [-0.2, -0.15) is 0 Å². The van der Waals surface area contributed by atoms with Gasteiger partial charge < -0.3 is 4.89 Å². The van der Waals surface area contributed by atoms with E-state index in [9.17, 15) is 9.46 Å². The molecule has 4 nitrogen and oxygen atoms in total. The van der Waals surface area contributed by atoms with Crippen molar-refractivity contribution in [2.75, 3.05) is 13.2 Å². The molecule has 0 heterocycles. The molecule has 0 aliphatic carbocycles. The second-order valence-electron chi connectivity index (χ2n) is 7.36. The number of unbranched alkanes of at least 4 members (excludes halogenated alkanes) is 4. The molecular formula is C20H43O4P. The lowest BCUT2D eigenvalue weighted by molar-refractivity contribution is 0.108. The van der Waals surface area contributed by atoms with E-state index < -0.39 is 7.82 Å². The molecular weight excluding hydrogens is 335 g/mol. The molecule has 2 unspecified atom stereocenters. The molecule has 0 aliphatic heterocycles. The normalized spacial score (nSPS) is 16.5. The SMILES string of the molecule is CCCCCC(CCC)COP(=O)(O)OCC(CCC)CCCCC. The molecule has 2 atom stereocenters. The van der Waals surface area contributed by atoms with Gasteiger partial charge in [-0.1, -0.05) is 79.1 Å². The van der Waals surface area contributed by atoms with E-state index in [1.807, 2.05) is 0 Å². The Hall–Kier alpha value is 0.110.